The molecule has 0 spiro atoms. The van der Waals surface area contributed by atoms with E-state index >= 15 is 0 Å². The van der Waals surface area contributed by atoms with Gasteiger partial charge >= 0.3 is 0 Å². The quantitative estimate of drug-likeness (QED) is 0.777. The van der Waals surface area contributed by atoms with Crippen molar-refractivity contribution < 1.29 is 14.4 Å². The molecule has 0 aromatic heterocycles. The van der Waals surface area contributed by atoms with Crippen LogP contribution in [0.25, 0.3) is 0 Å². The topological polar surface area (TPSA) is 60.9 Å². The molecule has 2 saturated heterocycles. The van der Waals surface area contributed by atoms with Crippen LogP contribution < -0.4 is 0 Å². The number of rotatable bonds is 3. The highest BCUT2D eigenvalue weighted by Crippen LogP contribution is 2.22. The van der Waals surface area contributed by atoms with Crippen LogP contribution in [0.15, 0.2) is 0 Å². The van der Waals surface area contributed by atoms with Gasteiger partial charge in [0.25, 0.3) is 0 Å². The third-order valence-corrected chi connectivity index (χ3v) is 4.58. The van der Waals surface area contributed by atoms with Gasteiger partial charge in [0, 0.05) is 51.1 Å². The Labute approximate surface area is 138 Å². The number of carbonyl (C=O) groups excluding carboxylic acids is 3. The summed E-state index contributed by atoms with van der Waals surface area (Å²) in [5, 5.41) is 0. The van der Waals surface area contributed by atoms with Gasteiger partial charge in [-0.25, -0.2) is 0 Å². The fourth-order valence-electron chi connectivity index (χ4n) is 3.29. The van der Waals surface area contributed by atoms with E-state index in [1.165, 1.54) is 0 Å². The van der Waals surface area contributed by atoms with Crippen molar-refractivity contribution >= 4 is 17.7 Å². The molecule has 2 aliphatic heterocycles. The lowest BCUT2D eigenvalue weighted by Crippen LogP contribution is -2.54. The Bertz CT molecular complexity index is 476. The van der Waals surface area contributed by atoms with E-state index in [9.17, 15) is 14.4 Å². The van der Waals surface area contributed by atoms with Crippen LogP contribution in [0.2, 0.25) is 0 Å². The molecule has 3 amide bonds. The summed E-state index contributed by atoms with van der Waals surface area (Å²) in [5.41, 5.74) is -0.384. The summed E-state index contributed by atoms with van der Waals surface area (Å²) >= 11 is 0. The Balaban J connectivity index is 1.87. The molecule has 6 heteroatoms. The Kier molecular flexibility index (Phi) is 5.32. The molecule has 6 nitrogen and oxygen atoms in total. The first-order valence-corrected chi connectivity index (χ1v) is 8.60. The minimum Gasteiger partial charge on any atom is -0.342 e. The second-order valence-corrected chi connectivity index (χ2v) is 7.61. The normalized spacial score (nSPS) is 22.7. The number of hydrogen-bond donors (Lipinski definition) is 0. The van der Waals surface area contributed by atoms with E-state index in [4.69, 9.17) is 0 Å². The number of hydrogen-bond acceptors (Lipinski definition) is 3. The van der Waals surface area contributed by atoms with E-state index in [0.29, 0.717) is 39.1 Å². The summed E-state index contributed by atoms with van der Waals surface area (Å²) in [6.45, 7) is 11.4. The smallest absolute Gasteiger partial charge is 0.228 e. The fraction of sp³-hybridized carbons (Fsp3) is 0.824. The SMILES string of the molecule is CCCN1CC(C(=O)N2CCN(C(=O)C(C)(C)C)CC2)CC1=O. The van der Waals surface area contributed by atoms with Crippen molar-refractivity contribution in [3.8, 4) is 0 Å². The number of carbonyl (C=O) groups is 3. The lowest BCUT2D eigenvalue weighted by Gasteiger charge is -2.38. The number of amides is 3. The van der Waals surface area contributed by atoms with Crippen molar-refractivity contribution in [3.05, 3.63) is 0 Å². The number of likely N-dealkylation sites (tertiary alicyclic amines) is 1. The number of nitrogens with zero attached hydrogens (tertiary/aromatic N) is 3. The summed E-state index contributed by atoms with van der Waals surface area (Å²) in [7, 11) is 0. The first-order chi connectivity index (χ1) is 10.7. The highest BCUT2D eigenvalue weighted by molar-refractivity contribution is 5.89. The summed E-state index contributed by atoms with van der Waals surface area (Å²) in [4.78, 5) is 42.3. The largest absolute Gasteiger partial charge is 0.342 e. The van der Waals surface area contributed by atoms with Crippen LogP contribution >= 0.6 is 0 Å². The van der Waals surface area contributed by atoms with Crippen LogP contribution in [0.1, 0.15) is 40.5 Å². The zero-order valence-electron chi connectivity index (χ0n) is 14.8. The van der Waals surface area contributed by atoms with Crippen molar-refractivity contribution in [1.82, 2.24) is 14.7 Å². The van der Waals surface area contributed by atoms with E-state index in [0.717, 1.165) is 13.0 Å². The number of piperazine rings is 1. The molecule has 1 atom stereocenters. The summed E-state index contributed by atoms with van der Waals surface area (Å²) in [6.07, 6.45) is 1.25. The molecule has 2 aliphatic rings. The van der Waals surface area contributed by atoms with Gasteiger partial charge in [-0.05, 0) is 6.42 Å². The third-order valence-electron chi connectivity index (χ3n) is 4.58. The Morgan fingerprint density at radius 2 is 1.65 bits per heavy atom. The van der Waals surface area contributed by atoms with Gasteiger partial charge in [-0.15, -0.1) is 0 Å². The molecule has 23 heavy (non-hydrogen) atoms. The molecule has 0 aliphatic carbocycles. The van der Waals surface area contributed by atoms with Crippen LogP contribution in [0.5, 0.6) is 0 Å². The van der Waals surface area contributed by atoms with Crippen molar-refractivity contribution in [2.45, 2.75) is 40.5 Å². The zero-order valence-corrected chi connectivity index (χ0v) is 14.8. The average Bonchev–Trinajstić information content (AvgIpc) is 2.86. The molecular formula is C17H29N3O3. The first kappa shape index (κ1) is 17.8. The second kappa shape index (κ2) is 6.89. The predicted octanol–water partition coefficient (Wildman–Crippen LogP) is 0.962. The minimum absolute atomic E-state index is 0.0693. The minimum atomic E-state index is -0.384. The van der Waals surface area contributed by atoms with Gasteiger partial charge in [0.05, 0.1) is 5.92 Å². The van der Waals surface area contributed by atoms with Gasteiger partial charge in [-0.1, -0.05) is 27.7 Å². The molecule has 0 aromatic rings. The van der Waals surface area contributed by atoms with Gasteiger partial charge in [0.1, 0.15) is 0 Å². The molecule has 2 fully saturated rings. The van der Waals surface area contributed by atoms with Crippen molar-refractivity contribution in [2.24, 2.45) is 11.3 Å². The van der Waals surface area contributed by atoms with Crippen LogP contribution in [-0.2, 0) is 14.4 Å². The standard InChI is InChI=1S/C17H29N3O3/c1-5-6-20-12-13(11-14(20)21)15(22)18-7-9-19(10-8-18)16(23)17(2,3)4/h13H,5-12H2,1-4H3. The average molecular weight is 323 g/mol. The van der Waals surface area contributed by atoms with Crippen LogP contribution in [0.3, 0.4) is 0 Å². The molecule has 1 unspecified atom stereocenters. The maximum absolute atomic E-state index is 12.6. The molecule has 0 saturated carbocycles. The van der Waals surface area contributed by atoms with E-state index in [1.54, 1.807) is 4.90 Å². The maximum atomic E-state index is 12.6. The summed E-state index contributed by atoms with van der Waals surface area (Å²) < 4.78 is 0. The van der Waals surface area contributed by atoms with Gasteiger partial charge in [-0.2, -0.15) is 0 Å². The Hall–Kier alpha value is -1.59. The molecular weight excluding hydrogens is 294 g/mol. The van der Waals surface area contributed by atoms with E-state index in [2.05, 4.69) is 0 Å². The van der Waals surface area contributed by atoms with Gasteiger partial charge in [-0.3, -0.25) is 14.4 Å². The van der Waals surface area contributed by atoms with Crippen LogP contribution in [-0.4, -0.2) is 71.7 Å². The Morgan fingerprint density at radius 3 is 2.17 bits per heavy atom. The van der Waals surface area contributed by atoms with Crippen molar-refractivity contribution in [1.29, 1.82) is 0 Å². The predicted molar refractivity (Wildman–Crippen MR) is 87.6 cm³/mol. The summed E-state index contributed by atoms with van der Waals surface area (Å²) in [6, 6.07) is 0. The summed E-state index contributed by atoms with van der Waals surface area (Å²) in [5.74, 6) is 0.0836. The first-order valence-electron chi connectivity index (χ1n) is 8.60. The van der Waals surface area contributed by atoms with E-state index in [-0.39, 0.29) is 29.1 Å². The van der Waals surface area contributed by atoms with E-state index < -0.39 is 0 Å². The highest BCUT2D eigenvalue weighted by Gasteiger charge is 2.38. The monoisotopic (exact) mass is 323 g/mol. The van der Waals surface area contributed by atoms with E-state index in [1.807, 2.05) is 37.5 Å². The molecule has 0 N–H and O–H groups in total. The molecule has 2 heterocycles. The molecule has 130 valence electrons. The molecule has 0 aromatic carbocycles. The van der Waals surface area contributed by atoms with Gasteiger partial charge in [0.2, 0.25) is 17.7 Å². The molecule has 2 rings (SSSR count). The lowest BCUT2D eigenvalue weighted by atomic mass is 9.94. The van der Waals surface area contributed by atoms with Gasteiger partial charge in [0.15, 0.2) is 0 Å². The molecule has 0 bridgehead atoms. The Morgan fingerprint density at radius 1 is 1.09 bits per heavy atom. The zero-order chi connectivity index (χ0) is 17.2. The van der Waals surface area contributed by atoms with Crippen LogP contribution in [0.4, 0.5) is 0 Å². The fourth-order valence-corrected chi connectivity index (χ4v) is 3.29. The third kappa shape index (κ3) is 4.03. The molecule has 0 radical (unpaired) electrons. The van der Waals surface area contributed by atoms with Crippen molar-refractivity contribution in [3.63, 3.8) is 0 Å². The second-order valence-electron chi connectivity index (χ2n) is 7.61. The highest BCUT2D eigenvalue weighted by atomic mass is 16.2. The maximum Gasteiger partial charge on any atom is 0.228 e. The van der Waals surface area contributed by atoms with Crippen LogP contribution in [0, 0.1) is 11.3 Å². The lowest BCUT2D eigenvalue weighted by molar-refractivity contribution is -0.146. The van der Waals surface area contributed by atoms with Crippen molar-refractivity contribution in [2.75, 3.05) is 39.3 Å². The van der Waals surface area contributed by atoms with Gasteiger partial charge < -0.3 is 14.7 Å².